The van der Waals surface area contributed by atoms with Crippen molar-refractivity contribution in [3.05, 3.63) is 34.9 Å². The van der Waals surface area contributed by atoms with Gasteiger partial charge in [0.2, 0.25) is 5.91 Å². The number of rotatable bonds is 9. The summed E-state index contributed by atoms with van der Waals surface area (Å²) in [5.74, 6) is 0.924. The molecule has 0 spiro atoms. The molecular weight excluding hydrogens is 409 g/mol. The largest absolute Gasteiger partial charge is 0.494 e. The summed E-state index contributed by atoms with van der Waals surface area (Å²) in [4.78, 5) is 14.3. The zero-order valence-electron chi connectivity index (χ0n) is 18.0. The zero-order chi connectivity index (χ0) is 22.6. The van der Waals surface area contributed by atoms with Gasteiger partial charge in [-0.2, -0.15) is 13.2 Å². The van der Waals surface area contributed by atoms with E-state index < -0.39 is 18.7 Å². The number of nitrogens with one attached hydrogen (secondary N) is 1. The smallest absolute Gasteiger partial charge is 0.389 e. The minimum absolute atomic E-state index is 0.00377. The zero-order valence-corrected chi connectivity index (χ0v) is 18.0. The normalized spacial score (nSPS) is 20.5. The fraction of sp³-hybridized carbons (Fsp3) is 0.609. The molecule has 0 aromatic heterocycles. The van der Waals surface area contributed by atoms with E-state index in [2.05, 4.69) is 23.2 Å². The molecule has 1 heterocycles. The van der Waals surface area contributed by atoms with Crippen LogP contribution in [0.2, 0.25) is 0 Å². The molecule has 1 saturated heterocycles. The lowest BCUT2D eigenvalue weighted by Crippen LogP contribution is -2.54. The second kappa shape index (κ2) is 10.0. The molecule has 8 heteroatoms. The second-order valence-corrected chi connectivity index (χ2v) is 8.74. The van der Waals surface area contributed by atoms with Gasteiger partial charge in [-0.15, -0.1) is 0 Å². The van der Waals surface area contributed by atoms with Crippen molar-refractivity contribution in [1.29, 1.82) is 0 Å². The van der Waals surface area contributed by atoms with E-state index in [0.29, 0.717) is 24.8 Å². The third-order valence-electron chi connectivity index (χ3n) is 5.79. The number of carbonyl (C=O) groups excluding carboxylic acids is 1. The lowest BCUT2D eigenvalue weighted by molar-refractivity contribution is -0.136. The van der Waals surface area contributed by atoms with E-state index in [1.165, 1.54) is 5.57 Å². The quantitative estimate of drug-likeness (QED) is 0.578. The van der Waals surface area contributed by atoms with Crippen LogP contribution >= 0.6 is 0 Å². The Bertz CT molecular complexity index is 802. The van der Waals surface area contributed by atoms with Gasteiger partial charge >= 0.3 is 6.18 Å². The van der Waals surface area contributed by atoms with Crippen LogP contribution in [0.4, 0.5) is 13.2 Å². The number of hydrogen-bond acceptors (Lipinski definition) is 4. The molecule has 0 saturated carbocycles. The Balaban J connectivity index is 1.49. The molecule has 1 amide bonds. The molecule has 172 valence electrons. The lowest BCUT2D eigenvalue weighted by atomic mass is 9.83. The Morgan fingerprint density at radius 2 is 2.10 bits per heavy atom. The van der Waals surface area contributed by atoms with Crippen molar-refractivity contribution in [3.63, 3.8) is 0 Å². The first-order chi connectivity index (χ1) is 14.6. The van der Waals surface area contributed by atoms with Crippen molar-refractivity contribution >= 4 is 12.0 Å². The van der Waals surface area contributed by atoms with E-state index in [0.717, 1.165) is 24.1 Å². The minimum Gasteiger partial charge on any atom is -0.494 e. The minimum atomic E-state index is -4.14. The highest BCUT2D eigenvalue weighted by atomic mass is 19.4. The Morgan fingerprint density at radius 3 is 2.77 bits per heavy atom. The first-order valence-electron chi connectivity index (χ1n) is 10.8. The molecule has 3 rings (SSSR count). The van der Waals surface area contributed by atoms with Crippen molar-refractivity contribution in [2.75, 3.05) is 32.8 Å². The van der Waals surface area contributed by atoms with Gasteiger partial charge in [-0.05, 0) is 48.9 Å². The molecule has 5 nitrogen and oxygen atoms in total. The van der Waals surface area contributed by atoms with Crippen LogP contribution in [0.15, 0.2) is 23.8 Å². The molecule has 0 bridgehead atoms. The van der Waals surface area contributed by atoms with Crippen molar-refractivity contribution in [2.45, 2.75) is 45.4 Å². The summed E-state index contributed by atoms with van der Waals surface area (Å²) >= 11 is 0. The van der Waals surface area contributed by atoms with E-state index in [1.807, 2.05) is 18.2 Å². The SMILES string of the molecule is C[C@H](O)CNC(=O)C1CN(CC2=Cc3ccc(OCCCC(F)(F)F)cc3C[C@@H]2C)C1. The summed E-state index contributed by atoms with van der Waals surface area (Å²) in [6.07, 6.45) is -2.53. The maximum Gasteiger partial charge on any atom is 0.389 e. The number of aliphatic hydroxyl groups excluding tert-OH is 1. The van der Waals surface area contributed by atoms with E-state index in [9.17, 15) is 23.1 Å². The Kier molecular flexibility index (Phi) is 7.64. The first kappa shape index (κ1) is 23.6. The van der Waals surface area contributed by atoms with Gasteiger partial charge in [0, 0.05) is 32.6 Å². The standard InChI is InChI=1S/C23H31F3N2O3/c1-15-8-18-10-21(31-7-3-6-23(24,25)26)5-4-17(18)9-19(15)12-28-13-20(14-28)22(30)27-11-16(2)29/h4-5,9-10,15-16,20,29H,3,6-8,11-14H2,1-2H3,(H,27,30)/t15-,16-/m0/s1. The van der Waals surface area contributed by atoms with Crippen LogP contribution in [0.25, 0.3) is 6.08 Å². The van der Waals surface area contributed by atoms with Gasteiger partial charge in [-0.1, -0.05) is 24.6 Å². The van der Waals surface area contributed by atoms with Gasteiger partial charge in [0.15, 0.2) is 0 Å². The number of amides is 1. The predicted octanol–water partition coefficient (Wildman–Crippen LogP) is 3.41. The van der Waals surface area contributed by atoms with Crippen LogP contribution in [0.1, 0.15) is 37.8 Å². The van der Waals surface area contributed by atoms with E-state index in [-0.39, 0.29) is 31.4 Å². The van der Waals surface area contributed by atoms with Crippen molar-refractivity contribution in [3.8, 4) is 5.75 Å². The summed E-state index contributed by atoms with van der Waals surface area (Å²) < 4.78 is 42.2. The number of nitrogens with zero attached hydrogens (tertiary/aromatic N) is 1. The molecule has 1 aromatic carbocycles. The molecule has 1 aliphatic carbocycles. The number of halogens is 3. The third kappa shape index (κ3) is 6.97. The summed E-state index contributed by atoms with van der Waals surface area (Å²) in [5, 5.41) is 12.0. The van der Waals surface area contributed by atoms with Gasteiger partial charge in [0.25, 0.3) is 0 Å². The molecule has 1 aromatic rings. The number of hydrogen-bond donors (Lipinski definition) is 2. The van der Waals surface area contributed by atoms with Crippen LogP contribution in [0.5, 0.6) is 5.75 Å². The van der Waals surface area contributed by atoms with Crippen LogP contribution in [0, 0.1) is 11.8 Å². The molecule has 1 aliphatic heterocycles. The monoisotopic (exact) mass is 440 g/mol. The summed E-state index contributed by atoms with van der Waals surface area (Å²) in [5.41, 5.74) is 3.57. The van der Waals surface area contributed by atoms with Gasteiger partial charge in [-0.25, -0.2) is 0 Å². The number of ether oxygens (including phenoxy) is 1. The van der Waals surface area contributed by atoms with E-state index in [4.69, 9.17) is 4.74 Å². The van der Waals surface area contributed by atoms with Crippen molar-refractivity contribution < 1.29 is 27.8 Å². The van der Waals surface area contributed by atoms with E-state index in [1.54, 1.807) is 6.92 Å². The average Bonchev–Trinajstić information content (AvgIpc) is 2.65. The number of carbonyl (C=O) groups is 1. The van der Waals surface area contributed by atoms with E-state index >= 15 is 0 Å². The highest BCUT2D eigenvalue weighted by molar-refractivity contribution is 5.80. The lowest BCUT2D eigenvalue weighted by Gasteiger charge is -2.40. The fourth-order valence-electron chi connectivity index (χ4n) is 3.97. The second-order valence-electron chi connectivity index (χ2n) is 8.74. The number of benzene rings is 1. The molecule has 0 unspecified atom stereocenters. The van der Waals surface area contributed by atoms with Gasteiger partial charge in [0.05, 0.1) is 18.6 Å². The summed E-state index contributed by atoms with van der Waals surface area (Å²) in [6, 6.07) is 5.70. The van der Waals surface area contributed by atoms with Crippen LogP contribution < -0.4 is 10.1 Å². The number of likely N-dealkylation sites (tertiary alicyclic amines) is 1. The molecule has 2 N–H and O–H groups in total. The Hall–Kier alpha value is -2.06. The number of fused-ring (bicyclic) bond motifs is 1. The number of alkyl halides is 3. The van der Waals surface area contributed by atoms with Gasteiger partial charge < -0.3 is 15.2 Å². The molecule has 1 fully saturated rings. The maximum atomic E-state index is 12.2. The van der Waals surface area contributed by atoms with Gasteiger partial charge in [0.1, 0.15) is 5.75 Å². The third-order valence-corrected chi connectivity index (χ3v) is 5.79. The first-order valence-corrected chi connectivity index (χ1v) is 10.8. The molecule has 2 aliphatic rings. The topological polar surface area (TPSA) is 61.8 Å². The van der Waals surface area contributed by atoms with Crippen molar-refractivity contribution in [1.82, 2.24) is 10.2 Å². The highest BCUT2D eigenvalue weighted by Gasteiger charge is 2.33. The fourth-order valence-corrected chi connectivity index (χ4v) is 3.97. The highest BCUT2D eigenvalue weighted by Crippen LogP contribution is 2.32. The molecule has 0 radical (unpaired) electrons. The van der Waals surface area contributed by atoms with Crippen LogP contribution in [0.3, 0.4) is 0 Å². The maximum absolute atomic E-state index is 12.2. The van der Waals surface area contributed by atoms with Crippen molar-refractivity contribution in [2.24, 2.45) is 11.8 Å². The van der Waals surface area contributed by atoms with Gasteiger partial charge in [-0.3, -0.25) is 9.69 Å². The Morgan fingerprint density at radius 1 is 1.35 bits per heavy atom. The summed E-state index contributed by atoms with van der Waals surface area (Å²) in [6.45, 7) is 6.39. The summed E-state index contributed by atoms with van der Waals surface area (Å²) in [7, 11) is 0. The molecular formula is C23H31F3N2O3. The van der Waals surface area contributed by atoms with Crippen LogP contribution in [-0.4, -0.2) is 61.0 Å². The Labute approximate surface area is 181 Å². The molecule has 2 atom stereocenters. The predicted molar refractivity (Wildman–Crippen MR) is 113 cm³/mol. The average molecular weight is 441 g/mol. The van der Waals surface area contributed by atoms with Crippen LogP contribution in [-0.2, 0) is 11.2 Å². The molecule has 31 heavy (non-hydrogen) atoms. The number of aliphatic hydroxyl groups is 1.